The van der Waals surface area contributed by atoms with Crippen LogP contribution in [0.2, 0.25) is 0 Å². The molecule has 4 nitrogen and oxygen atoms in total. The minimum atomic E-state index is -1.03. The van der Waals surface area contributed by atoms with E-state index < -0.39 is 17.4 Å². The Morgan fingerprint density at radius 3 is 2.20 bits per heavy atom. The molecule has 1 atom stereocenters. The molecule has 0 aromatic heterocycles. The van der Waals surface area contributed by atoms with E-state index in [1.54, 1.807) is 0 Å². The lowest BCUT2D eigenvalue weighted by Gasteiger charge is -2.10. The average molecular weight is 233 g/mol. The van der Waals surface area contributed by atoms with Gasteiger partial charge in [0, 0.05) is 0 Å². The van der Waals surface area contributed by atoms with E-state index in [4.69, 9.17) is 16.7 Å². The van der Waals surface area contributed by atoms with Gasteiger partial charge in [0.25, 0.3) is 0 Å². The second-order valence-corrected chi connectivity index (χ2v) is 4.73. The Bertz CT molecular complexity index is 345. The van der Waals surface area contributed by atoms with Crippen molar-refractivity contribution in [1.29, 1.82) is 0 Å². The lowest BCUT2D eigenvalue weighted by atomic mass is 9.95. The molecular weight excluding hydrogens is 220 g/mol. The first kappa shape index (κ1) is 12.0. The Kier molecular flexibility index (Phi) is 2.83. The summed E-state index contributed by atoms with van der Waals surface area (Å²) in [5.41, 5.74) is -1.40. The van der Waals surface area contributed by atoms with Crippen LogP contribution < -0.4 is 0 Å². The monoisotopic (exact) mass is 232 g/mol. The molecule has 1 rings (SSSR count). The van der Waals surface area contributed by atoms with Gasteiger partial charge in [-0.3, -0.25) is 4.79 Å². The van der Waals surface area contributed by atoms with Crippen molar-refractivity contribution in [2.45, 2.75) is 20.3 Å². The van der Waals surface area contributed by atoms with E-state index in [9.17, 15) is 9.59 Å². The smallest absolute Gasteiger partial charge is 0.349 e. The number of aliphatic carboxylic acids is 1. The van der Waals surface area contributed by atoms with E-state index in [2.05, 4.69) is 4.74 Å². The van der Waals surface area contributed by atoms with E-state index in [-0.39, 0.29) is 10.4 Å². The Balaban J connectivity index is 2.98. The van der Waals surface area contributed by atoms with Crippen LogP contribution in [0.1, 0.15) is 20.3 Å². The number of esters is 1. The molecule has 0 bridgehead atoms. The fraction of sp³-hybridized carbons (Fsp3) is 0.600. The first-order valence-electron chi connectivity index (χ1n) is 4.47. The van der Waals surface area contributed by atoms with Crippen molar-refractivity contribution in [3.05, 3.63) is 11.1 Å². The first-order valence-corrected chi connectivity index (χ1v) is 4.85. The van der Waals surface area contributed by atoms with Crippen LogP contribution in [0.4, 0.5) is 0 Å². The second-order valence-electron chi connectivity index (χ2n) is 4.32. The molecule has 0 spiro atoms. The fourth-order valence-corrected chi connectivity index (χ4v) is 1.96. The number of ether oxygens (including phenoxy) is 1. The second kappa shape index (κ2) is 3.52. The largest absolute Gasteiger partial charge is 0.481 e. The quantitative estimate of drug-likeness (QED) is 0.595. The molecule has 0 amide bonds. The summed E-state index contributed by atoms with van der Waals surface area (Å²) in [4.78, 5) is 22.1. The fourth-order valence-electron chi connectivity index (χ4n) is 1.70. The molecule has 1 aliphatic carbocycles. The minimum absolute atomic E-state index is 0.175. The molecule has 15 heavy (non-hydrogen) atoms. The normalized spacial score (nSPS) is 28.4. The molecule has 0 saturated heterocycles. The van der Waals surface area contributed by atoms with Gasteiger partial charge in [-0.25, -0.2) is 4.79 Å². The van der Waals surface area contributed by atoms with E-state index in [1.807, 2.05) is 13.8 Å². The van der Waals surface area contributed by atoms with Gasteiger partial charge in [-0.2, -0.15) is 0 Å². The molecule has 0 heterocycles. The number of carbonyl (C=O) groups is 2. The number of carboxylic acids is 1. The summed E-state index contributed by atoms with van der Waals surface area (Å²) in [5, 5.41) is 8.91. The highest BCUT2D eigenvalue weighted by Gasteiger charge is 2.65. The zero-order chi connectivity index (χ0) is 11.9. The van der Waals surface area contributed by atoms with Crippen molar-refractivity contribution in [2.24, 2.45) is 10.8 Å². The lowest BCUT2D eigenvalue weighted by molar-refractivity contribution is -0.142. The highest BCUT2D eigenvalue weighted by Crippen LogP contribution is 2.65. The molecule has 1 fully saturated rings. The van der Waals surface area contributed by atoms with Crippen molar-refractivity contribution in [3.63, 3.8) is 0 Å². The highest BCUT2D eigenvalue weighted by molar-refractivity contribution is 6.41. The predicted octanol–water partition coefficient (Wildman–Crippen LogP) is 1.78. The maximum Gasteiger partial charge on any atom is 0.349 e. The molecule has 84 valence electrons. The number of rotatable bonds is 3. The van der Waals surface area contributed by atoms with Crippen molar-refractivity contribution in [3.8, 4) is 0 Å². The van der Waals surface area contributed by atoms with Gasteiger partial charge in [0.15, 0.2) is 0 Å². The van der Waals surface area contributed by atoms with Gasteiger partial charge in [-0.1, -0.05) is 25.4 Å². The van der Waals surface area contributed by atoms with E-state index in [0.29, 0.717) is 6.42 Å². The van der Waals surface area contributed by atoms with E-state index in [1.165, 1.54) is 13.2 Å². The van der Waals surface area contributed by atoms with Gasteiger partial charge in [-0.05, 0) is 17.9 Å². The van der Waals surface area contributed by atoms with Crippen LogP contribution in [0.5, 0.6) is 0 Å². The van der Waals surface area contributed by atoms with Gasteiger partial charge < -0.3 is 9.84 Å². The van der Waals surface area contributed by atoms with E-state index >= 15 is 0 Å². The summed E-state index contributed by atoms with van der Waals surface area (Å²) < 4.78 is 4.40. The Morgan fingerprint density at radius 1 is 1.47 bits per heavy atom. The van der Waals surface area contributed by atoms with Crippen LogP contribution in [0, 0.1) is 10.8 Å². The molecule has 0 aromatic rings. The summed E-state index contributed by atoms with van der Waals surface area (Å²) in [7, 11) is 1.20. The van der Waals surface area contributed by atoms with Gasteiger partial charge in [0.05, 0.1) is 12.5 Å². The molecule has 1 saturated carbocycles. The molecule has 0 radical (unpaired) electrons. The number of hydrogen-bond donors (Lipinski definition) is 1. The summed E-state index contributed by atoms with van der Waals surface area (Å²) in [6, 6.07) is 0. The minimum Gasteiger partial charge on any atom is -0.481 e. The summed E-state index contributed by atoms with van der Waals surface area (Å²) in [6.07, 6.45) is 1.76. The van der Waals surface area contributed by atoms with Crippen LogP contribution in [-0.2, 0) is 14.3 Å². The number of carboxylic acid groups (broad SMARTS) is 1. The Hall–Kier alpha value is -1.03. The van der Waals surface area contributed by atoms with Crippen LogP contribution in [-0.4, -0.2) is 24.2 Å². The van der Waals surface area contributed by atoms with Gasteiger partial charge in [0.2, 0.25) is 0 Å². The van der Waals surface area contributed by atoms with Crippen LogP contribution in [0.3, 0.4) is 0 Å². The Morgan fingerprint density at radius 2 is 1.93 bits per heavy atom. The maximum atomic E-state index is 11.1. The molecular formula is C10H13ClO4. The maximum absolute atomic E-state index is 11.1. The molecule has 1 unspecified atom stereocenters. The zero-order valence-corrected chi connectivity index (χ0v) is 9.59. The number of hydrogen-bond acceptors (Lipinski definition) is 3. The third-order valence-corrected chi connectivity index (χ3v) is 3.20. The topological polar surface area (TPSA) is 63.6 Å². The third-order valence-electron chi connectivity index (χ3n) is 2.94. The summed E-state index contributed by atoms with van der Waals surface area (Å²) in [5.74, 6) is -1.67. The van der Waals surface area contributed by atoms with Crippen molar-refractivity contribution < 1.29 is 19.4 Å². The highest BCUT2D eigenvalue weighted by atomic mass is 35.5. The number of carbonyl (C=O) groups excluding carboxylic acids is 1. The van der Waals surface area contributed by atoms with Gasteiger partial charge >= 0.3 is 11.9 Å². The molecule has 1 N–H and O–H groups in total. The summed E-state index contributed by atoms with van der Waals surface area (Å²) in [6.45, 7) is 3.64. The third kappa shape index (κ3) is 1.86. The zero-order valence-electron chi connectivity index (χ0n) is 8.83. The van der Waals surface area contributed by atoms with Crippen molar-refractivity contribution in [1.82, 2.24) is 0 Å². The molecule has 1 aliphatic rings. The first-order chi connectivity index (χ1) is 6.77. The van der Waals surface area contributed by atoms with Crippen molar-refractivity contribution >= 4 is 23.5 Å². The van der Waals surface area contributed by atoms with Crippen molar-refractivity contribution in [2.75, 3.05) is 7.11 Å². The van der Waals surface area contributed by atoms with E-state index in [0.717, 1.165) is 0 Å². The summed E-state index contributed by atoms with van der Waals surface area (Å²) >= 11 is 5.65. The van der Waals surface area contributed by atoms with Crippen LogP contribution >= 0.6 is 11.6 Å². The SMILES string of the molecule is COC(=O)C(Cl)=CC1(C(=O)O)CC1(C)C. The molecule has 0 aromatic carbocycles. The van der Waals surface area contributed by atoms with Gasteiger partial charge in [0.1, 0.15) is 5.03 Å². The predicted molar refractivity (Wildman–Crippen MR) is 54.4 cm³/mol. The average Bonchev–Trinajstić information content (AvgIpc) is 2.68. The lowest BCUT2D eigenvalue weighted by Crippen LogP contribution is -2.19. The van der Waals surface area contributed by atoms with Crippen LogP contribution in [0.25, 0.3) is 0 Å². The molecule has 5 heteroatoms. The Labute approximate surface area is 92.9 Å². The van der Waals surface area contributed by atoms with Crippen LogP contribution in [0.15, 0.2) is 11.1 Å². The van der Waals surface area contributed by atoms with Gasteiger partial charge in [-0.15, -0.1) is 0 Å². The standard InChI is InChI=1S/C10H13ClO4/c1-9(2)5-10(9,8(13)14)4-6(11)7(12)15-3/h4H,5H2,1-3H3,(H,13,14). The number of methoxy groups -OCH3 is 1. The number of halogens is 1. The molecule has 0 aliphatic heterocycles.